The van der Waals surface area contributed by atoms with Crippen molar-refractivity contribution in [1.29, 1.82) is 0 Å². The first-order valence-corrected chi connectivity index (χ1v) is 5.60. The van der Waals surface area contributed by atoms with Crippen LogP contribution in [0.1, 0.15) is 18.4 Å². The summed E-state index contributed by atoms with van der Waals surface area (Å²) in [6.07, 6.45) is 1.01. The zero-order valence-electron chi connectivity index (χ0n) is 8.78. The van der Waals surface area contributed by atoms with E-state index in [2.05, 4.69) is 0 Å². The molecule has 1 fully saturated rings. The van der Waals surface area contributed by atoms with Crippen molar-refractivity contribution in [3.05, 3.63) is 34.9 Å². The third-order valence-corrected chi connectivity index (χ3v) is 3.37. The zero-order chi connectivity index (χ0) is 11.6. The lowest BCUT2D eigenvalue weighted by Crippen LogP contribution is -2.41. The van der Waals surface area contributed by atoms with Crippen molar-refractivity contribution >= 4 is 17.6 Å². The summed E-state index contributed by atoms with van der Waals surface area (Å²) in [7, 11) is 0. The van der Waals surface area contributed by atoms with Gasteiger partial charge in [0.1, 0.15) is 0 Å². The van der Waals surface area contributed by atoms with Crippen LogP contribution in [0, 0.1) is 0 Å². The molecule has 1 aliphatic heterocycles. The van der Waals surface area contributed by atoms with Gasteiger partial charge in [0.2, 0.25) is 0 Å². The fraction of sp³-hybridized carbons (Fsp3) is 0.417. The molecule has 0 aromatic heterocycles. The van der Waals surface area contributed by atoms with Gasteiger partial charge in [-0.15, -0.1) is 0 Å². The van der Waals surface area contributed by atoms with Gasteiger partial charge in [-0.3, -0.25) is 4.79 Å². The fourth-order valence-corrected chi connectivity index (χ4v) is 2.32. The first kappa shape index (κ1) is 11.4. The summed E-state index contributed by atoms with van der Waals surface area (Å²) in [5.74, 6) is -0.793. The predicted octanol–water partition coefficient (Wildman–Crippen LogP) is 2.47. The Hall–Kier alpha value is -1.06. The van der Waals surface area contributed by atoms with E-state index in [1.54, 1.807) is 18.2 Å². The average molecular weight is 241 g/mol. The molecule has 0 saturated carbocycles. The summed E-state index contributed by atoms with van der Waals surface area (Å²) in [5, 5.41) is 10.0. The molecule has 0 spiro atoms. The molecule has 1 aliphatic rings. The zero-order valence-corrected chi connectivity index (χ0v) is 9.54. The highest BCUT2D eigenvalue weighted by molar-refractivity contribution is 6.30. The maximum Gasteiger partial charge on any atom is 0.314 e. The Morgan fingerprint density at radius 3 is 2.62 bits per heavy atom. The van der Waals surface area contributed by atoms with Gasteiger partial charge in [-0.2, -0.15) is 0 Å². The highest BCUT2D eigenvalue weighted by atomic mass is 35.5. The van der Waals surface area contributed by atoms with E-state index in [0.717, 1.165) is 5.56 Å². The number of halogens is 1. The summed E-state index contributed by atoms with van der Waals surface area (Å²) in [6, 6.07) is 7.10. The van der Waals surface area contributed by atoms with Gasteiger partial charge in [0.15, 0.2) is 0 Å². The van der Waals surface area contributed by atoms with Crippen molar-refractivity contribution < 1.29 is 14.6 Å². The highest BCUT2D eigenvalue weighted by Crippen LogP contribution is 2.36. The van der Waals surface area contributed by atoms with Crippen LogP contribution >= 0.6 is 11.6 Å². The Morgan fingerprint density at radius 1 is 1.38 bits per heavy atom. The quantitative estimate of drug-likeness (QED) is 0.864. The molecule has 16 heavy (non-hydrogen) atoms. The number of carboxylic acid groups (broad SMARTS) is 1. The van der Waals surface area contributed by atoms with E-state index in [9.17, 15) is 9.90 Å². The second kappa shape index (κ2) is 4.44. The molecule has 0 unspecified atom stereocenters. The molecule has 0 aliphatic carbocycles. The van der Waals surface area contributed by atoms with Crippen molar-refractivity contribution in [1.82, 2.24) is 0 Å². The minimum atomic E-state index is -0.830. The molecule has 3 nitrogen and oxygen atoms in total. The first-order chi connectivity index (χ1) is 7.65. The van der Waals surface area contributed by atoms with E-state index in [0.29, 0.717) is 31.1 Å². The smallest absolute Gasteiger partial charge is 0.314 e. The standard InChI is InChI=1S/C12H13ClO3/c13-10-3-1-2-9(8-10)12(11(14)15)4-6-16-7-5-12/h1-3,8H,4-7H2,(H,14,15). The number of aliphatic carboxylic acids is 1. The van der Waals surface area contributed by atoms with Crippen LogP contribution in [0.3, 0.4) is 0 Å². The molecule has 0 bridgehead atoms. The summed E-state index contributed by atoms with van der Waals surface area (Å²) in [4.78, 5) is 11.5. The molecule has 1 saturated heterocycles. The molecule has 0 radical (unpaired) electrons. The van der Waals surface area contributed by atoms with E-state index < -0.39 is 11.4 Å². The van der Waals surface area contributed by atoms with Crippen molar-refractivity contribution in [2.45, 2.75) is 18.3 Å². The van der Waals surface area contributed by atoms with Crippen LogP contribution < -0.4 is 0 Å². The largest absolute Gasteiger partial charge is 0.481 e. The van der Waals surface area contributed by atoms with E-state index in [-0.39, 0.29) is 0 Å². The summed E-state index contributed by atoms with van der Waals surface area (Å²) in [6.45, 7) is 0.970. The third kappa shape index (κ3) is 1.93. The topological polar surface area (TPSA) is 46.5 Å². The predicted molar refractivity (Wildman–Crippen MR) is 60.8 cm³/mol. The highest BCUT2D eigenvalue weighted by Gasteiger charge is 2.41. The number of benzene rings is 1. The van der Waals surface area contributed by atoms with Crippen LogP contribution in [0.5, 0.6) is 0 Å². The first-order valence-electron chi connectivity index (χ1n) is 5.22. The normalized spacial score (nSPS) is 19.3. The van der Waals surface area contributed by atoms with Crippen LogP contribution in [-0.2, 0) is 14.9 Å². The van der Waals surface area contributed by atoms with E-state index >= 15 is 0 Å². The molecule has 4 heteroatoms. The third-order valence-electron chi connectivity index (χ3n) is 3.13. The van der Waals surface area contributed by atoms with Crippen LogP contribution in [0.25, 0.3) is 0 Å². The molecular formula is C12H13ClO3. The number of carboxylic acids is 1. The van der Waals surface area contributed by atoms with Gasteiger partial charge in [-0.25, -0.2) is 0 Å². The molecule has 1 aromatic rings. The second-order valence-corrected chi connectivity index (χ2v) is 4.45. The summed E-state index contributed by atoms with van der Waals surface area (Å²) >= 11 is 5.91. The van der Waals surface area contributed by atoms with Gasteiger partial charge >= 0.3 is 5.97 Å². The number of carbonyl (C=O) groups is 1. The monoisotopic (exact) mass is 240 g/mol. The van der Waals surface area contributed by atoms with Gasteiger partial charge in [-0.05, 0) is 30.5 Å². The van der Waals surface area contributed by atoms with Gasteiger partial charge in [0, 0.05) is 18.2 Å². The number of rotatable bonds is 2. The lowest BCUT2D eigenvalue weighted by atomic mass is 9.74. The average Bonchev–Trinajstić information content (AvgIpc) is 2.30. The number of hydrogen-bond acceptors (Lipinski definition) is 2. The Bertz CT molecular complexity index is 397. The fourth-order valence-electron chi connectivity index (χ4n) is 2.13. The lowest BCUT2D eigenvalue weighted by molar-refractivity contribution is -0.147. The molecule has 86 valence electrons. The van der Waals surface area contributed by atoms with Crippen molar-refractivity contribution in [2.75, 3.05) is 13.2 Å². The Labute approximate surface area is 99.0 Å². The minimum Gasteiger partial charge on any atom is -0.481 e. The number of ether oxygens (including phenoxy) is 1. The van der Waals surface area contributed by atoms with Crippen LogP contribution in [-0.4, -0.2) is 24.3 Å². The maximum absolute atomic E-state index is 11.5. The van der Waals surface area contributed by atoms with E-state index in [1.165, 1.54) is 0 Å². The van der Waals surface area contributed by atoms with Crippen LogP contribution in [0.2, 0.25) is 5.02 Å². The molecule has 1 heterocycles. The Morgan fingerprint density at radius 2 is 2.06 bits per heavy atom. The van der Waals surface area contributed by atoms with Crippen molar-refractivity contribution in [3.8, 4) is 0 Å². The molecule has 1 aromatic carbocycles. The van der Waals surface area contributed by atoms with Crippen LogP contribution in [0.15, 0.2) is 24.3 Å². The Kier molecular flexibility index (Phi) is 3.17. The molecule has 1 N–H and O–H groups in total. The SMILES string of the molecule is O=C(O)C1(c2cccc(Cl)c2)CCOCC1. The van der Waals surface area contributed by atoms with Crippen LogP contribution in [0.4, 0.5) is 0 Å². The minimum absolute atomic E-state index is 0.485. The van der Waals surface area contributed by atoms with E-state index in [1.807, 2.05) is 6.07 Å². The second-order valence-electron chi connectivity index (χ2n) is 4.01. The lowest BCUT2D eigenvalue weighted by Gasteiger charge is -2.33. The maximum atomic E-state index is 11.5. The van der Waals surface area contributed by atoms with Crippen molar-refractivity contribution in [2.24, 2.45) is 0 Å². The molecule has 0 atom stereocenters. The van der Waals surface area contributed by atoms with Crippen molar-refractivity contribution in [3.63, 3.8) is 0 Å². The summed E-state index contributed by atoms with van der Waals surface area (Å²) in [5.41, 5.74) is -0.0563. The number of hydrogen-bond donors (Lipinski definition) is 1. The van der Waals surface area contributed by atoms with Gasteiger partial charge < -0.3 is 9.84 Å². The molecular weight excluding hydrogens is 228 g/mol. The van der Waals surface area contributed by atoms with Gasteiger partial charge in [0.05, 0.1) is 5.41 Å². The summed E-state index contributed by atoms with van der Waals surface area (Å²) < 4.78 is 5.23. The molecule has 0 amide bonds. The Balaban J connectivity index is 2.42. The van der Waals surface area contributed by atoms with Gasteiger partial charge in [0.25, 0.3) is 0 Å². The molecule has 2 rings (SSSR count). The van der Waals surface area contributed by atoms with E-state index in [4.69, 9.17) is 16.3 Å². The van der Waals surface area contributed by atoms with Gasteiger partial charge in [-0.1, -0.05) is 23.7 Å².